The third-order valence-electron chi connectivity index (χ3n) is 9.41. The maximum absolute atomic E-state index is 14.0. The fourth-order valence-electron chi connectivity index (χ4n) is 6.16. The third-order valence-corrected chi connectivity index (χ3v) is 9.41. The molecule has 6 N–H and O–H groups in total. The first kappa shape index (κ1) is 48.4. The fourth-order valence-corrected chi connectivity index (χ4v) is 6.16. The van der Waals surface area contributed by atoms with Gasteiger partial charge in [-0.05, 0) is 88.7 Å². The van der Waals surface area contributed by atoms with E-state index in [1.165, 1.54) is 6.07 Å². The number of aliphatic hydroxyl groups excluding tert-OH is 1. The number of primary amides is 1. The lowest BCUT2D eigenvalue weighted by Crippen LogP contribution is -2.54. The van der Waals surface area contributed by atoms with Crippen molar-refractivity contribution >= 4 is 23.8 Å². The van der Waals surface area contributed by atoms with Gasteiger partial charge in [0.15, 0.2) is 6.61 Å². The molecule has 1 aromatic carbocycles. The second-order valence-corrected chi connectivity index (χ2v) is 15.9. The van der Waals surface area contributed by atoms with E-state index in [1.807, 2.05) is 20.8 Å². The molecule has 0 aliphatic rings. The molecular formula is C41H72N4O9. The van der Waals surface area contributed by atoms with Crippen molar-refractivity contribution in [3.63, 3.8) is 0 Å². The Balaban J connectivity index is 3.42. The van der Waals surface area contributed by atoms with Crippen LogP contribution in [0.5, 0.6) is 11.5 Å². The summed E-state index contributed by atoms with van der Waals surface area (Å²) in [6, 6.07) is 2.67. The highest BCUT2D eigenvalue weighted by Gasteiger charge is 2.37. The Kier molecular flexibility index (Phi) is 22.9. The number of methoxy groups -OCH3 is 1. The van der Waals surface area contributed by atoms with Crippen LogP contribution in [0, 0.1) is 23.7 Å². The Morgan fingerprint density at radius 2 is 1.54 bits per heavy atom. The molecule has 54 heavy (non-hydrogen) atoms. The number of nitrogens with one attached hydrogen (secondary N) is 3. The van der Waals surface area contributed by atoms with E-state index in [4.69, 9.17) is 24.7 Å². The summed E-state index contributed by atoms with van der Waals surface area (Å²) in [5.41, 5.74) is 5.36. The number of ether oxygens (including phenoxy) is 4. The van der Waals surface area contributed by atoms with Crippen molar-refractivity contribution in [2.24, 2.45) is 29.4 Å². The summed E-state index contributed by atoms with van der Waals surface area (Å²) < 4.78 is 22.4. The Morgan fingerprint density at radius 3 is 2.11 bits per heavy atom. The predicted molar refractivity (Wildman–Crippen MR) is 211 cm³/mol. The smallest absolute Gasteiger partial charge is 0.407 e. The molecule has 0 aliphatic heterocycles. The van der Waals surface area contributed by atoms with Crippen molar-refractivity contribution in [3.8, 4) is 11.5 Å². The number of carbonyl (C=O) groups excluding carboxylic acids is 4. The molecule has 310 valence electrons. The maximum atomic E-state index is 14.0. The number of alkyl carbamates (subject to hydrolysis) is 1. The quantitative estimate of drug-likeness (QED) is 0.0656. The van der Waals surface area contributed by atoms with E-state index in [9.17, 15) is 24.3 Å². The molecule has 13 nitrogen and oxygen atoms in total. The van der Waals surface area contributed by atoms with Gasteiger partial charge >= 0.3 is 6.09 Å². The zero-order valence-electron chi connectivity index (χ0n) is 34.8. The SMILES string of the molecule is CCCCNC(=O)COc1ccc(C(=O)NC(C(N)=O)[C@@H](C[C@H](NC(=O)OC(C)(C)C)[C@@H](O)C[C@H](CCCC)C(C)C)C(C)C)c(OCCCCOC)c1. The Morgan fingerprint density at radius 1 is 0.870 bits per heavy atom. The minimum Gasteiger partial charge on any atom is -0.493 e. The Hall–Kier alpha value is -3.58. The molecule has 0 fully saturated rings. The predicted octanol–water partition coefficient (Wildman–Crippen LogP) is 6.14. The van der Waals surface area contributed by atoms with E-state index in [-0.39, 0.29) is 48.7 Å². The zero-order valence-corrected chi connectivity index (χ0v) is 34.8. The van der Waals surface area contributed by atoms with Crippen LogP contribution in [-0.2, 0) is 19.1 Å². The van der Waals surface area contributed by atoms with E-state index in [0.717, 1.165) is 38.5 Å². The van der Waals surface area contributed by atoms with Crippen molar-refractivity contribution in [3.05, 3.63) is 23.8 Å². The first-order chi connectivity index (χ1) is 25.4. The molecule has 1 unspecified atom stereocenters. The molecule has 0 spiro atoms. The zero-order chi connectivity index (χ0) is 40.8. The van der Waals surface area contributed by atoms with E-state index in [2.05, 4.69) is 36.7 Å². The summed E-state index contributed by atoms with van der Waals surface area (Å²) in [6.45, 7) is 18.7. The maximum Gasteiger partial charge on any atom is 0.407 e. The van der Waals surface area contributed by atoms with Crippen molar-refractivity contribution in [1.29, 1.82) is 0 Å². The summed E-state index contributed by atoms with van der Waals surface area (Å²) in [7, 11) is 1.62. The Labute approximate surface area is 324 Å². The van der Waals surface area contributed by atoms with Gasteiger partial charge in [0.05, 0.1) is 24.3 Å². The van der Waals surface area contributed by atoms with Crippen LogP contribution in [-0.4, -0.2) is 86.2 Å². The molecule has 1 aromatic rings. The normalized spacial score (nSPS) is 14.5. The number of rotatable bonds is 27. The molecule has 0 saturated heterocycles. The summed E-state index contributed by atoms with van der Waals surface area (Å²) in [5.74, 6) is -1.34. The van der Waals surface area contributed by atoms with Crippen molar-refractivity contribution in [2.75, 3.05) is 33.5 Å². The van der Waals surface area contributed by atoms with Gasteiger partial charge in [0, 0.05) is 26.3 Å². The lowest BCUT2D eigenvalue weighted by Gasteiger charge is -2.35. The third kappa shape index (κ3) is 19.1. The topological polar surface area (TPSA) is 188 Å². The highest BCUT2D eigenvalue weighted by Crippen LogP contribution is 2.30. The van der Waals surface area contributed by atoms with Crippen LogP contribution in [0.25, 0.3) is 0 Å². The van der Waals surface area contributed by atoms with Crippen LogP contribution >= 0.6 is 0 Å². The molecule has 0 saturated carbocycles. The number of amides is 4. The lowest BCUT2D eigenvalue weighted by atomic mass is 9.78. The molecule has 0 bridgehead atoms. The number of benzene rings is 1. The average molecular weight is 765 g/mol. The van der Waals surface area contributed by atoms with Crippen LogP contribution in [0.2, 0.25) is 0 Å². The number of hydrogen-bond acceptors (Lipinski definition) is 9. The number of aliphatic hydroxyl groups is 1. The summed E-state index contributed by atoms with van der Waals surface area (Å²) in [4.78, 5) is 52.5. The highest BCUT2D eigenvalue weighted by molar-refractivity contribution is 5.99. The molecule has 0 aromatic heterocycles. The minimum absolute atomic E-state index is 0.139. The first-order valence-electron chi connectivity index (χ1n) is 19.9. The van der Waals surface area contributed by atoms with Crippen LogP contribution in [0.15, 0.2) is 18.2 Å². The van der Waals surface area contributed by atoms with E-state index >= 15 is 0 Å². The van der Waals surface area contributed by atoms with Gasteiger partial charge in [-0.15, -0.1) is 0 Å². The largest absolute Gasteiger partial charge is 0.493 e. The molecule has 4 amide bonds. The van der Waals surface area contributed by atoms with E-state index < -0.39 is 47.6 Å². The second-order valence-electron chi connectivity index (χ2n) is 15.9. The fraction of sp³-hybridized carbons (Fsp3) is 0.756. The summed E-state index contributed by atoms with van der Waals surface area (Å²) >= 11 is 0. The van der Waals surface area contributed by atoms with Crippen LogP contribution < -0.4 is 31.2 Å². The van der Waals surface area contributed by atoms with E-state index in [0.29, 0.717) is 37.7 Å². The van der Waals surface area contributed by atoms with E-state index in [1.54, 1.807) is 40.0 Å². The number of carbonyl (C=O) groups is 4. The van der Waals surface area contributed by atoms with Gasteiger partial charge in [-0.3, -0.25) is 14.4 Å². The van der Waals surface area contributed by atoms with Crippen molar-refractivity contribution < 1.29 is 43.2 Å². The minimum atomic E-state index is -1.16. The highest BCUT2D eigenvalue weighted by atomic mass is 16.6. The number of nitrogens with two attached hydrogens (primary N) is 1. The standard InChI is InChI=1S/C41H72N4O9/c1-11-13-17-29(27(3)4)23-34(46)33(44-40(50)54-41(7,8)9)25-32(28(5)6)37(38(42)48)45-39(49)31-19-18-30(53-26-36(47)43-20-14-12-2)24-35(31)52-22-16-15-21-51-10/h18-19,24,27-29,32-34,37,46H,11-17,20-23,25-26H2,1-10H3,(H2,42,48)(H,43,47)(H,44,50)(H,45,49)/t29-,32-,33-,34-,37?/m0/s1. The first-order valence-corrected chi connectivity index (χ1v) is 19.9. The van der Waals surface area contributed by atoms with Gasteiger partial charge < -0.3 is 45.7 Å². The molecule has 1 rings (SSSR count). The van der Waals surface area contributed by atoms with Crippen LogP contribution in [0.4, 0.5) is 4.79 Å². The van der Waals surface area contributed by atoms with Crippen molar-refractivity contribution in [1.82, 2.24) is 16.0 Å². The Bertz CT molecular complexity index is 1270. The lowest BCUT2D eigenvalue weighted by molar-refractivity contribution is -0.123. The van der Waals surface area contributed by atoms with Crippen LogP contribution in [0.3, 0.4) is 0 Å². The van der Waals surface area contributed by atoms with Gasteiger partial charge in [-0.25, -0.2) is 4.79 Å². The summed E-state index contributed by atoms with van der Waals surface area (Å²) in [5, 5.41) is 20.2. The van der Waals surface area contributed by atoms with Gasteiger partial charge in [0.2, 0.25) is 5.91 Å². The molecule has 0 aliphatic carbocycles. The van der Waals surface area contributed by atoms with Gasteiger partial charge in [0.1, 0.15) is 23.1 Å². The molecule has 0 radical (unpaired) electrons. The number of unbranched alkanes of at least 4 members (excludes halogenated alkanes) is 3. The van der Waals surface area contributed by atoms with Gasteiger partial charge in [-0.2, -0.15) is 0 Å². The number of hydrogen-bond donors (Lipinski definition) is 5. The second kappa shape index (κ2) is 25.5. The van der Waals surface area contributed by atoms with Crippen molar-refractivity contribution in [2.45, 2.75) is 144 Å². The molecule has 13 heteroatoms. The van der Waals surface area contributed by atoms with Crippen LogP contribution in [0.1, 0.15) is 130 Å². The monoisotopic (exact) mass is 765 g/mol. The molecule has 0 heterocycles. The van der Waals surface area contributed by atoms with Gasteiger partial charge in [-0.1, -0.05) is 67.2 Å². The molecule has 5 atom stereocenters. The molecular weight excluding hydrogens is 692 g/mol. The average Bonchev–Trinajstić information content (AvgIpc) is 3.08. The van der Waals surface area contributed by atoms with Gasteiger partial charge in [0.25, 0.3) is 11.8 Å². The summed E-state index contributed by atoms with van der Waals surface area (Å²) in [6.07, 6.45) is 5.14.